The van der Waals surface area contributed by atoms with Gasteiger partial charge in [0, 0.05) is 6.21 Å². The van der Waals surface area contributed by atoms with Crippen LogP contribution in [-0.4, -0.2) is 12.8 Å². The van der Waals surface area contributed by atoms with Crippen molar-refractivity contribution < 1.29 is 4.74 Å². The summed E-state index contributed by atoms with van der Waals surface area (Å²) in [5, 5.41) is 0. The van der Waals surface area contributed by atoms with Gasteiger partial charge in [-0.05, 0) is 55.3 Å². The Bertz CT molecular complexity index is 628. The molecule has 0 aromatic heterocycles. The second kappa shape index (κ2) is 12.3. The van der Waals surface area contributed by atoms with Gasteiger partial charge in [-0.1, -0.05) is 69.6 Å². The van der Waals surface area contributed by atoms with Crippen molar-refractivity contribution in [3.05, 3.63) is 59.7 Å². The molecule has 0 aliphatic carbocycles. The highest BCUT2D eigenvalue weighted by Gasteiger charge is 1.96. The van der Waals surface area contributed by atoms with Gasteiger partial charge >= 0.3 is 0 Å². The fourth-order valence-corrected chi connectivity index (χ4v) is 2.86. The van der Waals surface area contributed by atoms with Crippen molar-refractivity contribution in [3.63, 3.8) is 0 Å². The first-order chi connectivity index (χ1) is 12.8. The van der Waals surface area contributed by atoms with Crippen molar-refractivity contribution in [2.45, 2.75) is 65.2 Å². The maximum Gasteiger partial charge on any atom is 0.119 e. The van der Waals surface area contributed by atoms with Crippen LogP contribution in [0.3, 0.4) is 0 Å². The molecule has 2 nitrogen and oxygen atoms in total. The van der Waals surface area contributed by atoms with E-state index in [-0.39, 0.29) is 0 Å². The second-order valence-corrected chi connectivity index (χ2v) is 6.99. The van der Waals surface area contributed by atoms with Crippen molar-refractivity contribution in [3.8, 4) is 5.75 Å². The summed E-state index contributed by atoms with van der Waals surface area (Å²) < 4.78 is 5.84. The molecular weight excluding hydrogens is 318 g/mol. The molecule has 0 spiro atoms. The van der Waals surface area contributed by atoms with Crippen molar-refractivity contribution in [2.24, 2.45) is 4.99 Å². The molecule has 0 radical (unpaired) electrons. The van der Waals surface area contributed by atoms with Gasteiger partial charge in [0.25, 0.3) is 0 Å². The number of aryl methyl sites for hydroxylation is 1. The number of unbranched alkanes of at least 4 members (excludes halogenated alkanes) is 7. The molecule has 0 saturated carbocycles. The van der Waals surface area contributed by atoms with Crippen LogP contribution in [0.4, 0.5) is 5.69 Å². The molecule has 26 heavy (non-hydrogen) atoms. The molecule has 0 heterocycles. The summed E-state index contributed by atoms with van der Waals surface area (Å²) in [4.78, 5) is 4.50. The summed E-state index contributed by atoms with van der Waals surface area (Å²) in [6.07, 6.45) is 12.5. The number of benzene rings is 2. The van der Waals surface area contributed by atoms with Crippen LogP contribution in [0.1, 0.15) is 69.4 Å². The lowest BCUT2D eigenvalue weighted by atomic mass is 10.1. The highest BCUT2D eigenvalue weighted by Crippen LogP contribution is 2.15. The summed E-state index contributed by atoms with van der Waals surface area (Å²) in [6, 6.07) is 16.4. The maximum atomic E-state index is 5.84. The Balaban J connectivity index is 1.62. The Kier molecular flexibility index (Phi) is 9.56. The minimum Gasteiger partial charge on any atom is -0.494 e. The standard InChI is InChI=1S/C24H33NO/c1-3-4-5-6-7-8-9-10-19-26-24-17-13-22(14-18-24)20-25-23-15-11-21(2)12-16-23/h11-18,20H,3-10,19H2,1-2H3. The van der Waals surface area contributed by atoms with E-state index in [1.807, 2.05) is 30.5 Å². The lowest BCUT2D eigenvalue weighted by Gasteiger charge is -2.06. The predicted molar refractivity (Wildman–Crippen MR) is 113 cm³/mol. The number of rotatable bonds is 12. The predicted octanol–water partition coefficient (Wildman–Crippen LogP) is 7.27. The number of hydrogen-bond donors (Lipinski definition) is 0. The maximum absolute atomic E-state index is 5.84. The topological polar surface area (TPSA) is 21.6 Å². The first-order valence-corrected chi connectivity index (χ1v) is 10.1. The van der Waals surface area contributed by atoms with Gasteiger partial charge in [0.2, 0.25) is 0 Å². The van der Waals surface area contributed by atoms with E-state index in [4.69, 9.17) is 4.74 Å². The van der Waals surface area contributed by atoms with Gasteiger partial charge in [-0.15, -0.1) is 0 Å². The molecule has 0 saturated heterocycles. The molecule has 2 aromatic carbocycles. The Labute approximate surface area is 159 Å². The van der Waals surface area contributed by atoms with E-state index in [1.54, 1.807) is 0 Å². The molecule has 0 fully saturated rings. The Morgan fingerprint density at radius 3 is 2.04 bits per heavy atom. The fraction of sp³-hybridized carbons (Fsp3) is 0.458. The van der Waals surface area contributed by atoms with Gasteiger partial charge in [-0.2, -0.15) is 0 Å². The molecule has 0 aliphatic rings. The highest BCUT2D eigenvalue weighted by molar-refractivity contribution is 5.82. The summed E-state index contributed by atoms with van der Waals surface area (Å²) >= 11 is 0. The molecule has 0 unspecified atom stereocenters. The van der Waals surface area contributed by atoms with Gasteiger partial charge in [0.1, 0.15) is 5.75 Å². The molecule has 0 amide bonds. The molecule has 0 aliphatic heterocycles. The van der Waals surface area contributed by atoms with Gasteiger partial charge in [-0.3, -0.25) is 4.99 Å². The van der Waals surface area contributed by atoms with E-state index < -0.39 is 0 Å². The van der Waals surface area contributed by atoms with Crippen LogP contribution in [0.5, 0.6) is 5.75 Å². The third-order valence-corrected chi connectivity index (χ3v) is 4.54. The molecule has 0 atom stereocenters. The lowest BCUT2D eigenvalue weighted by Crippen LogP contribution is -1.97. The number of ether oxygens (including phenoxy) is 1. The van der Waals surface area contributed by atoms with Crippen molar-refractivity contribution >= 4 is 11.9 Å². The minimum atomic E-state index is 0.811. The number of nitrogens with zero attached hydrogens (tertiary/aromatic N) is 1. The Morgan fingerprint density at radius 2 is 1.38 bits per heavy atom. The van der Waals surface area contributed by atoms with Gasteiger partial charge in [-0.25, -0.2) is 0 Å². The van der Waals surface area contributed by atoms with Crippen molar-refractivity contribution in [1.29, 1.82) is 0 Å². The van der Waals surface area contributed by atoms with E-state index in [1.165, 1.54) is 50.5 Å². The smallest absolute Gasteiger partial charge is 0.119 e. The molecule has 140 valence electrons. The lowest BCUT2D eigenvalue weighted by molar-refractivity contribution is 0.304. The highest BCUT2D eigenvalue weighted by atomic mass is 16.5. The van der Waals surface area contributed by atoms with E-state index in [0.29, 0.717) is 0 Å². The van der Waals surface area contributed by atoms with E-state index in [2.05, 4.69) is 43.1 Å². The normalized spacial score (nSPS) is 11.2. The zero-order chi connectivity index (χ0) is 18.5. The third kappa shape index (κ3) is 8.33. The quantitative estimate of drug-likeness (QED) is 0.291. The largest absolute Gasteiger partial charge is 0.494 e. The van der Waals surface area contributed by atoms with Gasteiger partial charge < -0.3 is 4.74 Å². The minimum absolute atomic E-state index is 0.811. The molecule has 0 bridgehead atoms. The van der Waals surface area contributed by atoms with Crippen LogP contribution in [0.25, 0.3) is 0 Å². The molecule has 2 heteroatoms. The van der Waals surface area contributed by atoms with E-state index >= 15 is 0 Å². The monoisotopic (exact) mass is 351 g/mol. The van der Waals surface area contributed by atoms with Crippen molar-refractivity contribution in [1.82, 2.24) is 0 Å². The number of hydrogen-bond acceptors (Lipinski definition) is 2. The van der Waals surface area contributed by atoms with Crippen LogP contribution in [0.2, 0.25) is 0 Å². The summed E-state index contributed by atoms with van der Waals surface area (Å²) in [6.45, 7) is 5.16. The van der Waals surface area contributed by atoms with Gasteiger partial charge in [0.15, 0.2) is 0 Å². The Morgan fingerprint density at radius 1 is 0.769 bits per heavy atom. The van der Waals surface area contributed by atoms with Crippen LogP contribution >= 0.6 is 0 Å². The van der Waals surface area contributed by atoms with Gasteiger partial charge in [0.05, 0.1) is 12.3 Å². The molecular formula is C24H33NO. The molecule has 2 aromatic rings. The average molecular weight is 352 g/mol. The fourth-order valence-electron chi connectivity index (χ4n) is 2.86. The second-order valence-electron chi connectivity index (χ2n) is 6.99. The summed E-state index contributed by atoms with van der Waals surface area (Å²) in [5.41, 5.74) is 3.32. The van der Waals surface area contributed by atoms with Crippen LogP contribution in [0.15, 0.2) is 53.5 Å². The van der Waals surface area contributed by atoms with Crippen LogP contribution in [0, 0.1) is 6.92 Å². The first-order valence-electron chi connectivity index (χ1n) is 10.1. The zero-order valence-electron chi connectivity index (χ0n) is 16.4. The SMILES string of the molecule is CCCCCCCCCCOc1ccc(C=Nc2ccc(C)cc2)cc1. The summed E-state index contributed by atoms with van der Waals surface area (Å²) in [7, 11) is 0. The first kappa shape index (κ1) is 20.2. The van der Waals surface area contributed by atoms with Crippen molar-refractivity contribution in [2.75, 3.05) is 6.61 Å². The van der Waals surface area contributed by atoms with E-state index in [9.17, 15) is 0 Å². The molecule has 0 N–H and O–H groups in total. The zero-order valence-corrected chi connectivity index (χ0v) is 16.4. The summed E-state index contributed by atoms with van der Waals surface area (Å²) in [5.74, 6) is 0.945. The van der Waals surface area contributed by atoms with E-state index in [0.717, 1.165) is 30.0 Å². The third-order valence-electron chi connectivity index (χ3n) is 4.54. The average Bonchev–Trinajstić information content (AvgIpc) is 2.67. The molecule has 2 rings (SSSR count). The Hall–Kier alpha value is -2.09. The van der Waals surface area contributed by atoms with Crippen LogP contribution in [-0.2, 0) is 0 Å². The van der Waals surface area contributed by atoms with Crippen LogP contribution < -0.4 is 4.74 Å². The number of aliphatic imine (C=N–C) groups is 1.